The van der Waals surface area contributed by atoms with Crippen LogP contribution < -0.4 is 5.32 Å². The van der Waals surface area contributed by atoms with Gasteiger partial charge in [-0.15, -0.1) is 0 Å². The molecule has 0 radical (unpaired) electrons. The lowest BCUT2D eigenvalue weighted by atomic mass is 9.99. The van der Waals surface area contributed by atoms with Crippen LogP contribution in [0.15, 0.2) is 23.1 Å². The standard InChI is InChI=1S/C17H22N2O7S/c1-4-10(2)14(17(22)23)18-15(20)11-5-6-12-13(9-11)27(24,25)19(16(12)21)7-8-26-3/h5-6,9-10,14H,4,7-8H2,1-3H3,(H,18,20)(H,22,23)/t10-,14-/m0/s1. The van der Waals surface area contributed by atoms with E-state index in [2.05, 4.69) is 5.32 Å². The maximum absolute atomic E-state index is 12.6. The van der Waals surface area contributed by atoms with E-state index in [1.54, 1.807) is 13.8 Å². The summed E-state index contributed by atoms with van der Waals surface area (Å²) in [4.78, 5) is 35.8. The fourth-order valence-electron chi connectivity index (χ4n) is 2.72. The van der Waals surface area contributed by atoms with Gasteiger partial charge in [0.2, 0.25) is 0 Å². The topological polar surface area (TPSA) is 130 Å². The average molecular weight is 398 g/mol. The minimum atomic E-state index is -4.08. The molecule has 0 aliphatic carbocycles. The Bertz CT molecular complexity index is 866. The molecule has 1 aromatic rings. The Morgan fingerprint density at radius 2 is 2.00 bits per heavy atom. The van der Waals surface area contributed by atoms with Gasteiger partial charge < -0.3 is 15.2 Å². The first-order chi connectivity index (χ1) is 12.6. The van der Waals surface area contributed by atoms with Crippen LogP contribution in [0.3, 0.4) is 0 Å². The van der Waals surface area contributed by atoms with Crippen LogP contribution >= 0.6 is 0 Å². The first kappa shape index (κ1) is 20.8. The lowest BCUT2D eigenvalue weighted by Crippen LogP contribution is -2.45. The van der Waals surface area contributed by atoms with Crippen LogP contribution in [-0.4, -0.2) is 61.9 Å². The lowest BCUT2D eigenvalue weighted by Gasteiger charge is -2.20. The number of rotatable bonds is 8. The van der Waals surface area contributed by atoms with Gasteiger partial charge in [0, 0.05) is 12.7 Å². The number of fused-ring (bicyclic) bond motifs is 1. The van der Waals surface area contributed by atoms with Gasteiger partial charge in [-0.1, -0.05) is 20.3 Å². The number of methoxy groups -OCH3 is 1. The summed E-state index contributed by atoms with van der Waals surface area (Å²) >= 11 is 0. The Morgan fingerprint density at radius 1 is 1.33 bits per heavy atom. The number of hydrogen-bond acceptors (Lipinski definition) is 6. The third-order valence-electron chi connectivity index (χ3n) is 4.53. The molecule has 2 atom stereocenters. The van der Waals surface area contributed by atoms with Crippen LogP contribution in [0.25, 0.3) is 0 Å². The monoisotopic (exact) mass is 398 g/mol. The van der Waals surface area contributed by atoms with E-state index in [1.165, 1.54) is 19.2 Å². The number of sulfonamides is 1. The van der Waals surface area contributed by atoms with Gasteiger partial charge in [0.15, 0.2) is 0 Å². The summed E-state index contributed by atoms with van der Waals surface area (Å²) < 4.78 is 30.7. The number of benzene rings is 1. The third-order valence-corrected chi connectivity index (χ3v) is 6.36. The van der Waals surface area contributed by atoms with Gasteiger partial charge in [0.05, 0.1) is 18.7 Å². The molecule has 2 rings (SSSR count). The van der Waals surface area contributed by atoms with E-state index in [1.807, 2.05) is 0 Å². The van der Waals surface area contributed by atoms with E-state index in [0.29, 0.717) is 10.7 Å². The van der Waals surface area contributed by atoms with Crippen molar-refractivity contribution < 1.29 is 32.6 Å². The average Bonchev–Trinajstić information content (AvgIpc) is 2.82. The molecule has 2 amide bonds. The first-order valence-corrected chi connectivity index (χ1v) is 9.82. The quantitative estimate of drug-likeness (QED) is 0.659. The number of nitrogens with one attached hydrogen (secondary N) is 1. The highest BCUT2D eigenvalue weighted by atomic mass is 32.2. The minimum absolute atomic E-state index is 0.0284. The van der Waals surface area contributed by atoms with Crippen molar-refractivity contribution in [2.24, 2.45) is 5.92 Å². The van der Waals surface area contributed by atoms with Gasteiger partial charge in [-0.2, -0.15) is 0 Å². The van der Waals surface area contributed by atoms with Gasteiger partial charge in [-0.3, -0.25) is 9.59 Å². The molecule has 27 heavy (non-hydrogen) atoms. The molecule has 0 unspecified atom stereocenters. The number of hydrogen-bond donors (Lipinski definition) is 2. The predicted octanol–water partition coefficient (Wildman–Crippen LogP) is 0.707. The SMILES string of the molecule is CC[C@H](C)[C@H](NC(=O)c1ccc2c(c1)S(=O)(=O)N(CCOC)C2=O)C(=O)O. The molecular weight excluding hydrogens is 376 g/mol. The number of nitrogens with zero attached hydrogens (tertiary/aromatic N) is 1. The largest absolute Gasteiger partial charge is 0.480 e. The van der Waals surface area contributed by atoms with Crippen LogP contribution in [-0.2, 0) is 19.6 Å². The molecule has 2 N–H and O–H groups in total. The summed E-state index contributed by atoms with van der Waals surface area (Å²) in [5.74, 6) is -2.89. The highest BCUT2D eigenvalue weighted by Gasteiger charge is 2.41. The second kappa shape index (κ2) is 8.05. The molecule has 10 heteroatoms. The molecule has 1 aliphatic rings. The number of carbonyl (C=O) groups is 3. The Balaban J connectivity index is 2.33. The number of carbonyl (C=O) groups excluding carboxylic acids is 2. The predicted molar refractivity (Wildman–Crippen MR) is 94.9 cm³/mol. The molecule has 9 nitrogen and oxygen atoms in total. The van der Waals surface area contributed by atoms with E-state index in [9.17, 15) is 27.9 Å². The maximum atomic E-state index is 12.6. The van der Waals surface area contributed by atoms with Crippen LogP contribution in [0.5, 0.6) is 0 Å². The maximum Gasteiger partial charge on any atom is 0.326 e. The molecular formula is C17H22N2O7S. The Hall–Kier alpha value is -2.46. The Kier molecular flexibility index (Phi) is 6.22. The van der Waals surface area contributed by atoms with Crippen molar-refractivity contribution in [3.05, 3.63) is 29.3 Å². The fourth-order valence-corrected chi connectivity index (χ4v) is 4.30. The Labute approximate surface area is 157 Å². The lowest BCUT2D eigenvalue weighted by molar-refractivity contribution is -0.140. The van der Waals surface area contributed by atoms with Crippen LogP contribution in [0.4, 0.5) is 0 Å². The van der Waals surface area contributed by atoms with Crippen molar-refractivity contribution in [1.29, 1.82) is 0 Å². The highest BCUT2D eigenvalue weighted by molar-refractivity contribution is 7.90. The Morgan fingerprint density at radius 3 is 2.56 bits per heavy atom. The minimum Gasteiger partial charge on any atom is -0.480 e. The molecule has 1 aliphatic heterocycles. The number of carboxylic acid groups (broad SMARTS) is 1. The van der Waals surface area contributed by atoms with Crippen molar-refractivity contribution in [3.63, 3.8) is 0 Å². The fraction of sp³-hybridized carbons (Fsp3) is 0.471. The summed E-state index contributed by atoms with van der Waals surface area (Å²) in [6.07, 6.45) is 0.540. The summed E-state index contributed by atoms with van der Waals surface area (Å²) in [6.45, 7) is 3.40. The summed E-state index contributed by atoms with van der Waals surface area (Å²) in [5, 5.41) is 11.7. The molecule has 0 aromatic heterocycles. The van der Waals surface area contributed by atoms with Gasteiger partial charge in [0.25, 0.3) is 21.8 Å². The van der Waals surface area contributed by atoms with Crippen molar-refractivity contribution in [2.75, 3.05) is 20.3 Å². The molecule has 1 aromatic carbocycles. The molecule has 148 valence electrons. The summed E-state index contributed by atoms with van der Waals surface area (Å²) in [7, 11) is -2.69. The number of amides is 2. The molecule has 0 bridgehead atoms. The molecule has 0 fully saturated rings. The van der Waals surface area contributed by atoms with Crippen LogP contribution in [0.1, 0.15) is 41.0 Å². The number of aliphatic carboxylic acids is 1. The smallest absolute Gasteiger partial charge is 0.326 e. The normalized spacial score (nSPS) is 17.3. The van der Waals surface area contributed by atoms with E-state index in [0.717, 1.165) is 6.07 Å². The second-order valence-corrected chi connectivity index (χ2v) is 8.09. The van der Waals surface area contributed by atoms with Crippen molar-refractivity contribution in [2.45, 2.75) is 31.2 Å². The van der Waals surface area contributed by atoms with E-state index >= 15 is 0 Å². The molecule has 0 saturated heterocycles. The molecule has 0 saturated carbocycles. The molecule has 0 spiro atoms. The number of ether oxygens (including phenoxy) is 1. The van der Waals surface area contributed by atoms with Gasteiger partial charge in [-0.25, -0.2) is 17.5 Å². The van der Waals surface area contributed by atoms with Crippen molar-refractivity contribution in [1.82, 2.24) is 9.62 Å². The summed E-state index contributed by atoms with van der Waals surface area (Å²) in [5.41, 5.74) is -0.0624. The van der Waals surface area contributed by atoms with Gasteiger partial charge >= 0.3 is 5.97 Å². The van der Waals surface area contributed by atoms with Crippen LogP contribution in [0, 0.1) is 5.92 Å². The highest BCUT2D eigenvalue weighted by Crippen LogP contribution is 2.30. The number of carboxylic acids is 1. The summed E-state index contributed by atoms with van der Waals surface area (Å²) in [6, 6.07) is 2.56. The van der Waals surface area contributed by atoms with Crippen molar-refractivity contribution >= 4 is 27.8 Å². The van der Waals surface area contributed by atoms with E-state index in [-0.39, 0.29) is 35.1 Å². The molecule has 1 heterocycles. The first-order valence-electron chi connectivity index (χ1n) is 8.38. The zero-order valence-electron chi connectivity index (χ0n) is 15.3. The van der Waals surface area contributed by atoms with Crippen LogP contribution in [0.2, 0.25) is 0 Å². The second-order valence-electron chi connectivity index (χ2n) is 6.26. The van der Waals surface area contributed by atoms with E-state index in [4.69, 9.17) is 4.74 Å². The van der Waals surface area contributed by atoms with Gasteiger partial charge in [-0.05, 0) is 24.1 Å². The zero-order valence-corrected chi connectivity index (χ0v) is 16.1. The zero-order chi connectivity index (χ0) is 20.4. The van der Waals surface area contributed by atoms with E-state index < -0.39 is 33.8 Å². The van der Waals surface area contributed by atoms with Crippen molar-refractivity contribution in [3.8, 4) is 0 Å². The third kappa shape index (κ3) is 3.96. The van der Waals surface area contributed by atoms with Gasteiger partial charge in [0.1, 0.15) is 10.9 Å².